The Kier molecular flexibility index (Phi) is 4.92. The molecular weight excluding hydrogens is 186 g/mol. The molecule has 0 N–H and O–H groups in total. The Labute approximate surface area is 82.2 Å². The van der Waals surface area contributed by atoms with Crippen LogP contribution < -0.4 is 0 Å². The molecule has 0 saturated heterocycles. The van der Waals surface area contributed by atoms with Crippen LogP contribution in [0.3, 0.4) is 0 Å². The SMILES string of the molecule is CCCS(=O)(=O)N(C(C)C)C(C)C. The largest absolute Gasteiger partial charge is 0.214 e. The molecule has 13 heavy (non-hydrogen) atoms. The Bertz CT molecular complexity index is 224. The van der Waals surface area contributed by atoms with Gasteiger partial charge in [0.25, 0.3) is 0 Å². The lowest BCUT2D eigenvalue weighted by atomic mass is 10.3. The number of nitrogens with zero attached hydrogens (tertiary/aromatic N) is 1. The zero-order valence-corrected chi connectivity index (χ0v) is 10.1. The number of rotatable bonds is 5. The molecule has 0 aromatic heterocycles. The molecule has 3 nitrogen and oxygen atoms in total. The van der Waals surface area contributed by atoms with Crippen molar-refractivity contribution < 1.29 is 8.42 Å². The van der Waals surface area contributed by atoms with Crippen LogP contribution in [0.1, 0.15) is 41.0 Å². The Morgan fingerprint density at radius 2 is 1.46 bits per heavy atom. The molecule has 0 radical (unpaired) electrons. The smallest absolute Gasteiger partial charge is 0.212 e. The monoisotopic (exact) mass is 207 g/mol. The molecule has 0 saturated carbocycles. The van der Waals surface area contributed by atoms with Gasteiger partial charge in [-0.25, -0.2) is 8.42 Å². The van der Waals surface area contributed by atoms with E-state index in [0.29, 0.717) is 6.42 Å². The molecular formula is C9H21NO2S. The molecule has 0 atom stereocenters. The maximum Gasteiger partial charge on any atom is 0.214 e. The lowest BCUT2D eigenvalue weighted by Gasteiger charge is -2.29. The Hall–Kier alpha value is -0.0900. The molecule has 0 aliphatic heterocycles. The van der Waals surface area contributed by atoms with Gasteiger partial charge in [0.1, 0.15) is 0 Å². The van der Waals surface area contributed by atoms with Crippen LogP contribution in [0.4, 0.5) is 0 Å². The van der Waals surface area contributed by atoms with Crippen molar-refractivity contribution >= 4 is 10.0 Å². The average Bonchev–Trinajstić information content (AvgIpc) is 1.82. The van der Waals surface area contributed by atoms with Gasteiger partial charge in [-0.3, -0.25) is 0 Å². The molecule has 0 aromatic rings. The minimum absolute atomic E-state index is 0.0524. The number of hydrogen-bond acceptors (Lipinski definition) is 2. The average molecular weight is 207 g/mol. The number of hydrogen-bond donors (Lipinski definition) is 0. The fraction of sp³-hybridized carbons (Fsp3) is 1.00. The fourth-order valence-electron chi connectivity index (χ4n) is 1.60. The van der Waals surface area contributed by atoms with Crippen LogP contribution in [-0.4, -0.2) is 30.6 Å². The van der Waals surface area contributed by atoms with Crippen molar-refractivity contribution in [2.45, 2.75) is 53.1 Å². The summed E-state index contributed by atoms with van der Waals surface area (Å²) >= 11 is 0. The highest BCUT2D eigenvalue weighted by atomic mass is 32.2. The van der Waals surface area contributed by atoms with Gasteiger partial charge >= 0.3 is 0 Å². The third-order valence-corrected chi connectivity index (χ3v) is 4.21. The van der Waals surface area contributed by atoms with Crippen LogP contribution in [0.15, 0.2) is 0 Å². The van der Waals surface area contributed by atoms with E-state index in [1.165, 1.54) is 0 Å². The summed E-state index contributed by atoms with van der Waals surface area (Å²) in [6, 6.07) is 0.105. The summed E-state index contributed by atoms with van der Waals surface area (Å²) in [5.74, 6) is 0.253. The van der Waals surface area contributed by atoms with E-state index in [0.717, 1.165) is 0 Å². The maximum atomic E-state index is 11.7. The van der Waals surface area contributed by atoms with E-state index < -0.39 is 10.0 Å². The lowest BCUT2D eigenvalue weighted by Crippen LogP contribution is -2.43. The van der Waals surface area contributed by atoms with E-state index in [1.54, 1.807) is 4.31 Å². The van der Waals surface area contributed by atoms with E-state index in [4.69, 9.17) is 0 Å². The van der Waals surface area contributed by atoms with Crippen LogP contribution in [0, 0.1) is 0 Å². The van der Waals surface area contributed by atoms with Crippen LogP contribution >= 0.6 is 0 Å². The molecule has 0 aliphatic rings. The van der Waals surface area contributed by atoms with E-state index >= 15 is 0 Å². The van der Waals surface area contributed by atoms with Gasteiger partial charge in [0.2, 0.25) is 10.0 Å². The zero-order valence-electron chi connectivity index (χ0n) is 9.24. The molecule has 0 spiro atoms. The predicted octanol–water partition coefficient (Wildman–Crippen LogP) is 1.84. The normalized spacial score (nSPS) is 13.2. The van der Waals surface area contributed by atoms with Crippen molar-refractivity contribution in [3.8, 4) is 0 Å². The van der Waals surface area contributed by atoms with Crippen molar-refractivity contribution in [2.24, 2.45) is 0 Å². The van der Waals surface area contributed by atoms with Crippen molar-refractivity contribution in [1.82, 2.24) is 4.31 Å². The van der Waals surface area contributed by atoms with Gasteiger partial charge in [-0.15, -0.1) is 0 Å². The highest BCUT2D eigenvalue weighted by Gasteiger charge is 2.26. The Morgan fingerprint density at radius 3 is 1.69 bits per heavy atom. The van der Waals surface area contributed by atoms with Gasteiger partial charge in [-0.05, 0) is 34.1 Å². The van der Waals surface area contributed by atoms with Gasteiger partial charge in [0, 0.05) is 12.1 Å². The van der Waals surface area contributed by atoms with Crippen LogP contribution in [-0.2, 0) is 10.0 Å². The summed E-state index contributed by atoms with van der Waals surface area (Å²) in [5.41, 5.74) is 0. The third-order valence-electron chi connectivity index (χ3n) is 1.80. The molecule has 0 bridgehead atoms. The second-order valence-electron chi connectivity index (χ2n) is 3.83. The molecule has 4 heteroatoms. The highest BCUT2D eigenvalue weighted by molar-refractivity contribution is 7.89. The molecule has 0 aromatic carbocycles. The first-order valence-electron chi connectivity index (χ1n) is 4.84. The van der Waals surface area contributed by atoms with Gasteiger partial charge in [-0.1, -0.05) is 6.92 Å². The quantitative estimate of drug-likeness (QED) is 0.690. The highest BCUT2D eigenvalue weighted by Crippen LogP contribution is 2.12. The molecule has 80 valence electrons. The van der Waals surface area contributed by atoms with Gasteiger partial charge in [0.05, 0.1) is 5.75 Å². The zero-order chi connectivity index (χ0) is 10.6. The second-order valence-corrected chi connectivity index (χ2v) is 5.83. The number of sulfonamides is 1. The first kappa shape index (κ1) is 12.9. The molecule has 0 fully saturated rings. The topological polar surface area (TPSA) is 37.4 Å². The molecule has 0 rings (SSSR count). The standard InChI is InChI=1S/C9H21NO2S/c1-6-7-13(11,12)10(8(2)3)9(4)5/h8-9H,6-7H2,1-5H3. The molecule has 0 amide bonds. The summed E-state index contributed by atoms with van der Waals surface area (Å²) in [7, 11) is -3.04. The first-order chi connectivity index (χ1) is 5.83. The minimum atomic E-state index is -3.04. The molecule has 0 aliphatic carbocycles. The summed E-state index contributed by atoms with van der Waals surface area (Å²) in [5, 5.41) is 0. The second kappa shape index (κ2) is 4.96. The van der Waals surface area contributed by atoms with Crippen molar-refractivity contribution in [1.29, 1.82) is 0 Å². The van der Waals surface area contributed by atoms with Crippen molar-refractivity contribution in [3.05, 3.63) is 0 Å². The minimum Gasteiger partial charge on any atom is -0.212 e. The van der Waals surface area contributed by atoms with Gasteiger partial charge in [0.15, 0.2) is 0 Å². The van der Waals surface area contributed by atoms with E-state index in [2.05, 4.69) is 0 Å². The van der Waals surface area contributed by atoms with Crippen molar-refractivity contribution in [2.75, 3.05) is 5.75 Å². The van der Waals surface area contributed by atoms with Crippen molar-refractivity contribution in [3.63, 3.8) is 0 Å². The van der Waals surface area contributed by atoms with Gasteiger partial charge in [-0.2, -0.15) is 4.31 Å². The summed E-state index contributed by atoms with van der Waals surface area (Å²) < 4.78 is 25.1. The van der Waals surface area contributed by atoms with E-state index in [-0.39, 0.29) is 17.8 Å². The van der Waals surface area contributed by atoms with Crippen LogP contribution in [0.25, 0.3) is 0 Å². The van der Waals surface area contributed by atoms with Gasteiger partial charge < -0.3 is 0 Å². The van der Waals surface area contributed by atoms with Crippen LogP contribution in [0.5, 0.6) is 0 Å². The first-order valence-corrected chi connectivity index (χ1v) is 6.45. The van der Waals surface area contributed by atoms with E-state index in [9.17, 15) is 8.42 Å². The predicted molar refractivity (Wildman–Crippen MR) is 56.2 cm³/mol. The summed E-state index contributed by atoms with van der Waals surface area (Å²) in [6.45, 7) is 9.53. The Balaban J connectivity index is 4.74. The molecule has 0 unspecified atom stereocenters. The van der Waals surface area contributed by atoms with E-state index in [1.807, 2.05) is 34.6 Å². The van der Waals surface area contributed by atoms with Crippen LogP contribution in [0.2, 0.25) is 0 Å². The summed E-state index contributed by atoms with van der Waals surface area (Å²) in [4.78, 5) is 0. The fourth-order valence-corrected chi connectivity index (χ4v) is 3.61. The molecule has 0 heterocycles. The maximum absolute atomic E-state index is 11.7. The Morgan fingerprint density at radius 1 is 1.08 bits per heavy atom. The third kappa shape index (κ3) is 3.65. The summed E-state index contributed by atoms with van der Waals surface area (Å²) in [6.07, 6.45) is 0.679. The lowest BCUT2D eigenvalue weighted by molar-refractivity contribution is 0.302.